The van der Waals surface area contributed by atoms with Crippen LogP contribution in [0.4, 0.5) is 5.13 Å². The number of hydrogen-bond acceptors (Lipinski definition) is 6. The first kappa shape index (κ1) is 15.6. The van der Waals surface area contributed by atoms with Crippen LogP contribution in [-0.4, -0.2) is 58.7 Å². The molecule has 0 aliphatic carbocycles. The summed E-state index contributed by atoms with van der Waals surface area (Å²) >= 11 is 1.75. The Labute approximate surface area is 145 Å². The number of H-pyrrole nitrogens is 1. The molecule has 2 aromatic rings. The molecule has 0 unspecified atom stereocenters. The van der Waals surface area contributed by atoms with Crippen LogP contribution in [0.3, 0.4) is 0 Å². The number of carbonyl (C=O) groups is 1. The Hall–Kier alpha value is -1.93. The van der Waals surface area contributed by atoms with Crippen LogP contribution in [0.1, 0.15) is 33.5 Å². The van der Waals surface area contributed by atoms with Gasteiger partial charge in [0.1, 0.15) is 0 Å². The van der Waals surface area contributed by atoms with Crippen LogP contribution >= 0.6 is 11.3 Å². The molecule has 1 fully saturated rings. The number of aromatic amines is 1. The van der Waals surface area contributed by atoms with Gasteiger partial charge in [-0.3, -0.25) is 9.89 Å². The van der Waals surface area contributed by atoms with Crippen LogP contribution in [0.15, 0.2) is 6.20 Å². The number of amides is 1. The molecule has 8 heteroatoms. The van der Waals surface area contributed by atoms with Crippen molar-refractivity contribution in [2.75, 3.05) is 37.6 Å². The second-order valence-electron chi connectivity index (χ2n) is 6.20. The maximum Gasteiger partial charge on any atom is 0.274 e. The van der Waals surface area contributed by atoms with Gasteiger partial charge in [0.15, 0.2) is 10.8 Å². The minimum atomic E-state index is 0.0456. The van der Waals surface area contributed by atoms with Gasteiger partial charge in [0.2, 0.25) is 0 Å². The Morgan fingerprint density at radius 2 is 2.17 bits per heavy atom. The summed E-state index contributed by atoms with van der Waals surface area (Å²) in [6, 6.07) is 0. The fraction of sp³-hybridized carbons (Fsp3) is 0.562. The first-order chi connectivity index (χ1) is 11.8. The molecule has 0 saturated carbocycles. The number of aromatic nitrogens is 3. The Balaban J connectivity index is 1.42. The Kier molecular flexibility index (Phi) is 4.24. The van der Waals surface area contributed by atoms with Crippen LogP contribution in [0, 0.1) is 0 Å². The van der Waals surface area contributed by atoms with Crippen molar-refractivity contribution in [3.63, 3.8) is 0 Å². The molecule has 0 aromatic carbocycles. The number of hydrogen-bond donors (Lipinski definition) is 2. The molecular formula is C16H22N6OS. The average molecular weight is 346 g/mol. The third-order valence-corrected chi connectivity index (χ3v) is 5.94. The van der Waals surface area contributed by atoms with Gasteiger partial charge in [-0.15, -0.1) is 11.3 Å². The lowest BCUT2D eigenvalue weighted by Crippen LogP contribution is -2.49. The van der Waals surface area contributed by atoms with Gasteiger partial charge in [0, 0.05) is 68.0 Å². The SMILES string of the molecule is CCc1cnc(N2CCN(C(=O)c3n[nH]c4c3CNCC4)CC2)s1. The van der Waals surface area contributed by atoms with Crippen LogP contribution in [-0.2, 0) is 19.4 Å². The Bertz CT molecular complexity index is 731. The molecule has 0 radical (unpaired) electrons. The van der Waals surface area contributed by atoms with Gasteiger partial charge in [0.25, 0.3) is 5.91 Å². The van der Waals surface area contributed by atoms with Crippen molar-refractivity contribution < 1.29 is 4.79 Å². The molecule has 2 aliphatic rings. The van der Waals surface area contributed by atoms with Gasteiger partial charge < -0.3 is 15.1 Å². The number of thiazole rings is 1. The predicted molar refractivity (Wildman–Crippen MR) is 93.6 cm³/mol. The highest BCUT2D eigenvalue weighted by atomic mass is 32.1. The van der Waals surface area contributed by atoms with Gasteiger partial charge in [-0.05, 0) is 6.42 Å². The zero-order valence-corrected chi connectivity index (χ0v) is 14.7. The van der Waals surface area contributed by atoms with E-state index < -0.39 is 0 Å². The minimum Gasteiger partial charge on any atom is -0.345 e. The van der Waals surface area contributed by atoms with Crippen molar-refractivity contribution in [1.29, 1.82) is 0 Å². The quantitative estimate of drug-likeness (QED) is 0.868. The van der Waals surface area contributed by atoms with Crippen LogP contribution in [0.2, 0.25) is 0 Å². The highest BCUT2D eigenvalue weighted by Gasteiger charge is 2.28. The molecule has 1 saturated heterocycles. The number of nitrogens with one attached hydrogen (secondary N) is 2. The standard InChI is InChI=1S/C16H22N6OS/c1-2-11-9-18-16(24-11)22-7-5-21(6-8-22)15(23)14-12-10-17-4-3-13(12)19-20-14/h9,17H,2-8,10H2,1H3,(H,19,20). The van der Waals surface area contributed by atoms with Gasteiger partial charge in [0.05, 0.1) is 0 Å². The zero-order valence-electron chi connectivity index (χ0n) is 13.8. The number of anilines is 1. The summed E-state index contributed by atoms with van der Waals surface area (Å²) in [5, 5.41) is 11.7. The number of carbonyl (C=O) groups excluding carboxylic acids is 1. The number of piperazine rings is 1. The number of rotatable bonds is 3. The van der Waals surface area contributed by atoms with Gasteiger partial charge in [-0.1, -0.05) is 6.92 Å². The summed E-state index contributed by atoms with van der Waals surface area (Å²) in [4.78, 5) is 22.8. The fourth-order valence-electron chi connectivity index (χ4n) is 3.26. The Morgan fingerprint density at radius 1 is 1.33 bits per heavy atom. The van der Waals surface area contributed by atoms with E-state index in [-0.39, 0.29) is 5.91 Å². The van der Waals surface area contributed by atoms with E-state index in [2.05, 4.69) is 32.3 Å². The van der Waals surface area contributed by atoms with Crippen molar-refractivity contribution in [3.05, 3.63) is 28.0 Å². The zero-order chi connectivity index (χ0) is 16.5. The third kappa shape index (κ3) is 2.80. The maximum absolute atomic E-state index is 12.8. The number of aryl methyl sites for hydroxylation is 1. The monoisotopic (exact) mass is 346 g/mol. The smallest absolute Gasteiger partial charge is 0.274 e. The van der Waals surface area contributed by atoms with E-state index in [0.717, 1.165) is 68.5 Å². The average Bonchev–Trinajstić information content (AvgIpc) is 3.28. The lowest BCUT2D eigenvalue weighted by molar-refractivity contribution is 0.0739. The molecular weight excluding hydrogens is 324 g/mol. The molecule has 0 bridgehead atoms. The molecule has 0 spiro atoms. The second kappa shape index (κ2) is 6.52. The topological polar surface area (TPSA) is 77.2 Å². The number of fused-ring (bicyclic) bond motifs is 1. The van der Waals surface area contributed by atoms with Crippen LogP contribution < -0.4 is 10.2 Å². The summed E-state index contributed by atoms with van der Waals surface area (Å²) in [7, 11) is 0. The molecule has 2 aromatic heterocycles. The fourth-order valence-corrected chi connectivity index (χ4v) is 4.16. The van der Waals surface area contributed by atoms with E-state index in [0.29, 0.717) is 5.69 Å². The van der Waals surface area contributed by atoms with E-state index in [1.54, 1.807) is 11.3 Å². The number of nitrogens with zero attached hydrogens (tertiary/aromatic N) is 4. The van der Waals surface area contributed by atoms with E-state index in [1.807, 2.05) is 11.1 Å². The lowest BCUT2D eigenvalue weighted by atomic mass is 10.1. The molecule has 1 amide bonds. The lowest BCUT2D eigenvalue weighted by Gasteiger charge is -2.34. The maximum atomic E-state index is 12.8. The summed E-state index contributed by atoms with van der Waals surface area (Å²) in [5.74, 6) is 0.0456. The summed E-state index contributed by atoms with van der Waals surface area (Å²) in [6.45, 7) is 6.90. The summed E-state index contributed by atoms with van der Waals surface area (Å²) < 4.78 is 0. The van der Waals surface area contributed by atoms with E-state index >= 15 is 0 Å². The highest BCUT2D eigenvalue weighted by molar-refractivity contribution is 7.15. The third-order valence-electron chi connectivity index (χ3n) is 4.74. The minimum absolute atomic E-state index is 0.0456. The molecule has 4 heterocycles. The van der Waals surface area contributed by atoms with Gasteiger partial charge in [-0.25, -0.2) is 4.98 Å². The van der Waals surface area contributed by atoms with Gasteiger partial charge >= 0.3 is 0 Å². The molecule has 4 rings (SSSR count). The first-order valence-electron chi connectivity index (χ1n) is 8.52. The van der Waals surface area contributed by atoms with Crippen molar-refractivity contribution >= 4 is 22.4 Å². The highest BCUT2D eigenvalue weighted by Crippen LogP contribution is 2.24. The van der Waals surface area contributed by atoms with Gasteiger partial charge in [-0.2, -0.15) is 5.10 Å². The predicted octanol–water partition coefficient (Wildman–Crippen LogP) is 1.04. The van der Waals surface area contributed by atoms with E-state index in [4.69, 9.17) is 0 Å². The largest absolute Gasteiger partial charge is 0.345 e. The molecule has 7 nitrogen and oxygen atoms in total. The molecule has 24 heavy (non-hydrogen) atoms. The normalized spacial score (nSPS) is 17.9. The van der Waals surface area contributed by atoms with Crippen LogP contribution in [0.5, 0.6) is 0 Å². The van der Waals surface area contributed by atoms with Crippen molar-refractivity contribution in [2.24, 2.45) is 0 Å². The molecule has 128 valence electrons. The van der Waals surface area contributed by atoms with Crippen molar-refractivity contribution in [1.82, 2.24) is 25.4 Å². The first-order valence-corrected chi connectivity index (χ1v) is 9.33. The molecule has 2 N–H and O–H groups in total. The van der Waals surface area contributed by atoms with E-state index in [9.17, 15) is 4.79 Å². The molecule has 2 aliphatic heterocycles. The Morgan fingerprint density at radius 3 is 2.92 bits per heavy atom. The van der Waals surface area contributed by atoms with Crippen LogP contribution in [0.25, 0.3) is 0 Å². The second-order valence-corrected chi connectivity index (χ2v) is 7.29. The van der Waals surface area contributed by atoms with Crippen molar-refractivity contribution in [2.45, 2.75) is 26.3 Å². The van der Waals surface area contributed by atoms with Crippen molar-refractivity contribution in [3.8, 4) is 0 Å². The summed E-state index contributed by atoms with van der Waals surface area (Å²) in [6.07, 6.45) is 3.89. The van der Waals surface area contributed by atoms with E-state index in [1.165, 1.54) is 4.88 Å². The molecule has 0 atom stereocenters. The summed E-state index contributed by atoms with van der Waals surface area (Å²) in [5.41, 5.74) is 2.74.